The van der Waals surface area contributed by atoms with E-state index in [1.807, 2.05) is 0 Å². The number of ether oxygens (including phenoxy) is 1. The maximum absolute atomic E-state index is 6.43. The van der Waals surface area contributed by atoms with Gasteiger partial charge in [-0.1, -0.05) is 37.3 Å². The van der Waals surface area contributed by atoms with Crippen LogP contribution < -0.4 is 4.90 Å². The minimum absolute atomic E-state index is 0.421. The van der Waals surface area contributed by atoms with Gasteiger partial charge in [-0.3, -0.25) is 0 Å². The highest BCUT2D eigenvalue weighted by Gasteiger charge is 2.34. The van der Waals surface area contributed by atoms with E-state index in [0.29, 0.717) is 24.0 Å². The fourth-order valence-electron chi connectivity index (χ4n) is 4.51. The van der Waals surface area contributed by atoms with Crippen molar-refractivity contribution < 1.29 is 4.74 Å². The molecule has 0 amide bonds. The minimum Gasteiger partial charge on any atom is -0.376 e. The predicted molar refractivity (Wildman–Crippen MR) is 117 cm³/mol. The maximum Gasteiger partial charge on any atom is 0.186 e. The Bertz CT molecular complexity index is 723. The van der Waals surface area contributed by atoms with Crippen LogP contribution in [0.4, 0.5) is 5.13 Å². The minimum atomic E-state index is 0.421. The van der Waals surface area contributed by atoms with Gasteiger partial charge in [-0.05, 0) is 72.4 Å². The fraction of sp³-hybridized carbons (Fsp3) is 0.591. The SMILES string of the molecule is Cc1sc(N2CC[C@H](C)[C@@H]2COC2CCC(c3ccccc3)CC2)nc1Br. The molecule has 0 spiro atoms. The number of hydrogen-bond donors (Lipinski definition) is 0. The van der Waals surface area contributed by atoms with E-state index in [2.05, 4.69) is 65.0 Å². The predicted octanol–water partition coefficient (Wildman–Crippen LogP) is 6.17. The highest BCUT2D eigenvalue weighted by molar-refractivity contribution is 9.10. The standard InChI is InChI=1S/C22H29BrN2OS/c1-15-12-13-25(22-24-21(23)16(2)27-22)20(15)14-26-19-10-8-18(9-11-19)17-6-4-3-5-7-17/h3-7,15,18-20H,8-14H2,1-2H3/t15-,18?,19?,20-/m0/s1. The first-order valence-electron chi connectivity index (χ1n) is 10.2. The number of aryl methyl sites for hydroxylation is 1. The molecule has 2 heterocycles. The highest BCUT2D eigenvalue weighted by atomic mass is 79.9. The van der Waals surface area contributed by atoms with Crippen molar-refractivity contribution in [3.05, 3.63) is 45.4 Å². The molecule has 4 rings (SSSR count). The Hall–Kier alpha value is -0.910. The van der Waals surface area contributed by atoms with Gasteiger partial charge in [-0.15, -0.1) is 11.3 Å². The normalized spacial score (nSPS) is 28.6. The second-order valence-corrected chi connectivity index (χ2v) is 10.0. The van der Waals surface area contributed by atoms with Gasteiger partial charge in [0.05, 0.1) is 18.8 Å². The summed E-state index contributed by atoms with van der Waals surface area (Å²) in [5, 5.41) is 1.14. The van der Waals surface area contributed by atoms with E-state index in [0.717, 1.165) is 22.9 Å². The van der Waals surface area contributed by atoms with Gasteiger partial charge in [0.2, 0.25) is 0 Å². The largest absolute Gasteiger partial charge is 0.376 e. The van der Waals surface area contributed by atoms with Gasteiger partial charge in [0, 0.05) is 11.4 Å². The average molecular weight is 449 g/mol. The molecule has 1 saturated carbocycles. The van der Waals surface area contributed by atoms with Crippen LogP contribution in [0.15, 0.2) is 34.9 Å². The highest BCUT2D eigenvalue weighted by Crippen LogP contribution is 2.37. The van der Waals surface area contributed by atoms with Crippen molar-refractivity contribution in [3.8, 4) is 0 Å². The summed E-state index contributed by atoms with van der Waals surface area (Å²) in [6.07, 6.45) is 6.51. The molecule has 5 heteroatoms. The monoisotopic (exact) mass is 448 g/mol. The van der Waals surface area contributed by atoms with Crippen molar-refractivity contribution in [3.63, 3.8) is 0 Å². The first kappa shape index (κ1) is 19.4. The summed E-state index contributed by atoms with van der Waals surface area (Å²) in [6, 6.07) is 11.4. The topological polar surface area (TPSA) is 25.4 Å². The summed E-state index contributed by atoms with van der Waals surface area (Å²) >= 11 is 5.36. The van der Waals surface area contributed by atoms with Crippen molar-refractivity contribution in [1.82, 2.24) is 4.98 Å². The van der Waals surface area contributed by atoms with Crippen LogP contribution >= 0.6 is 27.3 Å². The van der Waals surface area contributed by atoms with E-state index in [1.165, 1.54) is 42.5 Å². The number of halogens is 1. The molecule has 0 radical (unpaired) electrons. The van der Waals surface area contributed by atoms with Gasteiger partial charge in [0.25, 0.3) is 0 Å². The number of rotatable bonds is 5. The first-order chi connectivity index (χ1) is 13.1. The van der Waals surface area contributed by atoms with Crippen LogP contribution in [0, 0.1) is 12.8 Å². The lowest BCUT2D eigenvalue weighted by Gasteiger charge is -2.32. The molecule has 3 nitrogen and oxygen atoms in total. The summed E-state index contributed by atoms with van der Waals surface area (Å²) in [7, 11) is 0. The third-order valence-corrected chi connectivity index (χ3v) is 8.35. The molecule has 2 aromatic rings. The van der Waals surface area contributed by atoms with Crippen molar-refractivity contribution in [1.29, 1.82) is 0 Å². The Morgan fingerprint density at radius 1 is 1.15 bits per heavy atom. The molecule has 1 aliphatic carbocycles. The number of anilines is 1. The Morgan fingerprint density at radius 3 is 2.56 bits per heavy atom. The molecule has 0 unspecified atom stereocenters. The van der Waals surface area contributed by atoms with Crippen molar-refractivity contribution in [2.24, 2.45) is 5.92 Å². The zero-order valence-corrected chi connectivity index (χ0v) is 18.6. The quantitative estimate of drug-likeness (QED) is 0.546. The van der Waals surface area contributed by atoms with Gasteiger partial charge >= 0.3 is 0 Å². The van der Waals surface area contributed by atoms with Crippen LogP contribution in [0.3, 0.4) is 0 Å². The Morgan fingerprint density at radius 2 is 1.89 bits per heavy atom. The van der Waals surface area contributed by atoms with Gasteiger partial charge in [0.15, 0.2) is 5.13 Å². The van der Waals surface area contributed by atoms with Crippen molar-refractivity contribution >= 4 is 32.4 Å². The van der Waals surface area contributed by atoms with Gasteiger partial charge in [-0.25, -0.2) is 4.98 Å². The van der Waals surface area contributed by atoms with Crippen LogP contribution in [-0.4, -0.2) is 30.3 Å². The van der Waals surface area contributed by atoms with Crippen LogP contribution in [-0.2, 0) is 4.74 Å². The first-order valence-corrected chi connectivity index (χ1v) is 11.8. The van der Waals surface area contributed by atoms with E-state index in [9.17, 15) is 0 Å². The Balaban J connectivity index is 1.31. The summed E-state index contributed by atoms with van der Waals surface area (Å²) in [5.41, 5.74) is 1.50. The van der Waals surface area contributed by atoms with Gasteiger partial charge < -0.3 is 9.64 Å². The van der Waals surface area contributed by atoms with E-state index < -0.39 is 0 Å². The van der Waals surface area contributed by atoms with Crippen LogP contribution in [0.25, 0.3) is 0 Å². The third-order valence-electron chi connectivity index (χ3n) is 6.30. The van der Waals surface area contributed by atoms with Gasteiger partial charge in [0.1, 0.15) is 4.60 Å². The molecule has 1 aliphatic heterocycles. The van der Waals surface area contributed by atoms with E-state index >= 15 is 0 Å². The molecule has 2 atom stereocenters. The maximum atomic E-state index is 6.43. The number of aromatic nitrogens is 1. The second kappa shape index (κ2) is 8.62. The molecule has 1 saturated heterocycles. The smallest absolute Gasteiger partial charge is 0.186 e. The summed E-state index contributed by atoms with van der Waals surface area (Å²) < 4.78 is 7.42. The Kier molecular flexibility index (Phi) is 6.20. The molecule has 27 heavy (non-hydrogen) atoms. The van der Waals surface area contributed by atoms with E-state index in [-0.39, 0.29) is 0 Å². The Labute approximate surface area is 175 Å². The van der Waals surface area contributed by atoms with Crippen molar-refractivity contribution in [2.45, 2.75) is 64.0 Å². The molecule has 2 fully saturated rings. The van der Waals surface area contributed by atoms with Crippen LogP contribution in [0.1, 0.15) is 55.4 Å². The van der Waals surface area contributed by atoms with Crippen LogP contribution in [0.2, 0.25) is 0 Å². The van der Waals surface area contributed by atoms with E-state index in [4.69, 9.17) is 9.72 Å². The third kappa shape index (κ3) is 4.41. The number of nitrogens with zero attached hydrogens (tertiary/aromatic N) is 2. The molecule has 0 N–H and O–H groups in total. The summed E-state index contributed by atoms with van der Waals surface area (Å²) in [5.74, 6) is 1.37. The fourth-order valence-corrected chi connectivity index (χ4v) is 5.92. The lowest BCUT2D eigenvalue weighted by atomic mass is 9.83. The van der Waals surface area contributed by atoms with Gasteiger partial charge in [-0.2, -0.15) is 0 Å². The van der Waals surface area contributed by atoms with E-state index in [1.54, 1.807) is 11.3 Å². The van der Waals surface area contributed by atoms with Crippen molar-refractivity contribution in [2.75, 3.05) is 18.1 Å². The molecule has 0 bridgehead atoms. The lowest BCUT2D eigenvalue weighted by Crippen LogP contribution is -2.38. The average Bonchev–Trinajstić information content (AvgIpc) is 3.23. The second-order valence-electron chi connectivity index (χ2n) is 8.09. The molecule has 1 aromatic heterocycles. The summed E-state index contributed by atoms with van der Waals surface area (Å²) in [6.45, 7) is 6.41. The zero-order chi connectivity index (χ0) is 18.8. The molecule has 1 aromatic carbocycles. The molecular weight excluding hydrogens is 420 g/mol. The summed E-state index contributed by atoms with van der Waals surface area (Å²) in [4.78, 5) is 8.45. The molecule has 2 aliphatic rings. The zero-order valence-electron chi connectivity index (χ0n) is 16.2. The number of benzene rings is 1. The number of hydrogen-bond acceptors (Lipinski definition) is 4. The van der Waals surface area contributed by atoms with Crippen LogP contribution in [0.5, 0.6) is 0 Å². The lowest BCUT2D eigenvalue weighted by molar-refractivity contribution is 0.0134. The molecule has 146 valence electrons. The number of thiazole rings is 1. The molecular formula is C22H29BrN2OS.